The SMILES string of the molecule is CN(C)[C@@H]1C(=O)C(C(N)=O)=C(O)[C@]2(O)C(=O)C3=C(O)c4c(O)cccc4[C@](C)(O)[C@@H]3[C@H](O)[C@@H]12. The number of nitrogens with zero attached hydrogens (tertiary/aromatic N) is 1. The van der Waals surface area contributed by atoms with Crippen molar-refractivity contribution >= 4 is 23.2 Å². The Morgan fingerprint density at radius 1 is 1.12 bits per heavy atom. The summed E-state index contributed by atoms with van der Waals surface area (Å²) in [5.74, 6) is -9.67. The molecular weight excluding hydrogens is 436 g/mol. The van der Waals surface area contributed by atoms with Gasteiger partial charge in [-0.1, -0.05) is 12.1 Å². The molecule has 3 aliphatic carbocycles. The number of Topliss-reactive ketones (excluding diaryl/α,β-unsaturated/α-hetero) is 2. The van der Waals surface area contributed by atoms with Crippen LogP contribution in [0.4, 0.5) is 0 Å². The molecule has 11 heteroatoms. The molecule has 176 valence electrons. The molecule has 1 fully saturated rings. The minimum atomic E-state index is -3.02. The molecule has 0 aliphatic heterocycles. The molecule has 3 aliphatic rings. The molecule has 11 nitrogen and oxygen atoms in total. The number of aliphatic hydroxyl groups is 5. The highest BCUT2D eigenvalue weighted by Crippen LogP contribution is 2.57. The van der Waals surface area contributed by atoms with Crippen molar-refractivity contribution < 1.29 is 45.0 Å². The third kappa shape index (κ3) is 2.61. The maximum absolute atomic E-state index is 13.7. The lowest BCUT2D eigenvalue weighted by atomic mass is 9.53. The lowest BCUT2D eigenvalue weighted by Crippen LogP contribution is -2.71. The molecule has 8 N–H and O–H groups in total. The summed E-state index contributed by atoms with van der Waals surface area (Å²) in [5, 5.41) is 66.3. The molecule has 0 spiro atoms. The Labute approximate surface area is 187 Å². The monoisotopic (exact) mass is 460 g/mol. The highest BCUT2D eigenvalue weighted by atomic mass is 16.4. The molecular formula is C22H24N2O9. The van der Waals surface area contributed by atoms with E-state index in [0.717, 1.165) is 0 Å². The van der Waals surface area contributed by atoms with Crippen molar-refractivity contribution in [2.75, 3.05) is 14.1 Å². The second-order valence-electron chi connectivity index (χ2n) is 9.06. The first-order valence-electron chi connectivity index (χ1n) is 10.1. The number of carbonyl (C=O) groups excluding carboxylic acids is 3. The van der Waals surface area contributed by atoms with Crippen LogP contribution in [0.1, 0.15) is 18.1 Å². The van der Waals surface area contributed by atoms with Crippen molar-refractivity contribution in [2.45, 2.75) is 30.3 Å². The number of phenols is 1. The predicted molar refractivity (Wildman–Crippen MR) is 112 cm³/mol. The summed E-state index contributed by atoms with van der Waals surface area (Å²) in [6.45, 7) is 1.25. The van der Waals surface area contributed by atoms with Crippen LogP contribution in [0.25, 0.3) is 5.76 Å². The maximum Gasteiger partial charge on any atom is 0.255 e. The van der Waals surface area contributed by atoms with Gasteiger partial charge in [-0.3, -0.25) is 19.3 Å². The van der Waals surface area contributed by atoms with Crippen molar-refractivity contribution in [3.05, 3.63) is 46.2 Å². The Balaban J connectivity index is 2.11. The summed E-state index contributed by atoms with van der Waals surface area (Å²) < 4.78 is 0. The van der Waals surface area contributed by atoms with Crippen LogP contribution >= 0.6 is 0 Å². The van der Waals surface area contributed by atoms with Crippen molar-refractivity contribution in [3.8, 4) is 5.75 Å². The Morgan fingerprint density at radius 3 is 2.27 bits per heavy atom. The van der Waals surface area contributed by atoms with Crippen LogP contribution in [0.5, 0.6) is 5.75 Å². The number of carbonyl (C=O) groups is 3. The lowest BCUT2D eigenvalue weighted by molar-refractivity contribution is -0.181. The van der Waals surface area contributed by atoms with Gasteiger partial charge in [0.2, 0.25) is 5.78 Å². The van der Waals surface area contributed by atoms with Gasteiger partial charge in [0.15, 0.2) is 11.4 Å². The molecule has 0 bridgehead atoms. The van der Waals surface area contributed by atoms with E-state index >= 15 is 0 Å². The van der Waals surface area contributed by atoms with Crippen LogP contribution < -0.4 is 5.73 Å². The minimum absolute atomic E-state index is 0.00664. The number of aliphatic hydroxyl groups excluding tert-OH is 3. The van der Waals surface area contributed by atoms with Gasteiger partial charge in [-0.25, -0.2) is 0 Å². The van der Waals surface area contributed by atoms with Gasteiger partial charge in [0, 0.05) is 0 Å². The number of hydrogen-bond donors (Lipinski definition) is 7. The fourth-order valence-electron chi connectivity index (χ4n) is 5.60. The summed E-state index contributed by atoms with van der Waals surface area (Å²) in [6.07, 6.45) is -1.87. The number of rotatable bonds is 2. The zero-order valence-corrected chi connectivity index (χ0v) is 18.0. The summed E-state index contributed by atoms with van der Waals surface area (Å²) in [4.78, 5) is 39.9. The highest BCUT2D eigenvalue weighted by molar-refractivity contribution is 6.24. The van der Waals surface area contributed by atoms with E-state index in [9.17, 15) is 45.0 Å². The van der Waals surface area contributed by atoms with E-state index in [2.05, 4.69) is 0 Å². The van der Waals surface area contributed by atoms with Gasteiger partial charge in [-0.15, -0.1) is 0 Å². The topological polar surface area (TPSA) is 202 Å². The molecule has 6 atom stereocenters. The van der Waals surface area contributed by atoms with Crippen molar-refractivity contribution in [1.82, 2.24) is 4.90 Å². The first-order chi connectivity index (χ1) is 15.2. The second kappa shape index (κ2) is 6.87. The van der Waals surface area contributed by atoms with E-state index in [0.29, 0.717) is 0 Å². The first kappa shape index (κ1) is 22.9. The maximum atomic E-state index is 13.7. The Hall–Kier alpha value is -3.25. The van der Waals surface area contributed by atoms with Crippen LogP contribution in [-0.4, -0.2) is 84.9 Å². The van der Waals surface area contributed by atoms with Gasteiger partial charge in [0.1, 0.15) is 22.8 Å². The number of ketones is 2. The fourth-order valence-corrected chi connectivity index (χ4v) is 5.60. The average Bonchev–Trinajstić information content (AvgIpc) is 2.70. The predicted octanol–water partition coefficient (Wildman–Crippen LogP) is -1.40. The first-order valence-corrected chi connectivity index (χ1v) is 10.1. The largest absolute Gasteiger partial charge is 0.508 e. The van der Waals surface area contributed by atoms with Crippen LogP contribution in [0.2, 0.25) is 0 Å². The van der Waals surface area contributed by atoms with Gasteiger partial charge in [-0.05, 0) is 32.6 Å². The molecule has 0 unspecified atom stereocenters. The van der Waals surface area contributed by atoms with Gasteiger partial charge in [0.25, 0.3) is 5.91 Å². The molecule has 1 amide bonds. The molecule has 1 saturated carbocycles. The summed E-state index contributed by atoms with van der Waals surface area (Å²) in [6, 6.07) is 2.50. The van der Waals surface area contributed by atoms with Crippen LogP contribution in [-0.2, 0) is 20.0 Å². The number of likely N-dealkylation sites (N-methyl/N-ethyl adjacent to an activating group) is 1. The van der Waals surface area contributed by atoms with E-state index in [4.69, 9.17) is 5.73 Å². The van der Waals surface area contributed by atoms with Crippen LogP contribution in [0.3, 0.4) is 0 Å². The Bertz CT molecular complexity index is 1180. The molecule has 4 rings (SSSR count). The molecule has 0 heterocycles. The molecule has 1 aromatic rings. The summed E-state index contributed by atoms with van der Waals surface area (Å²) in [7, 11) is 2.80. The lowest BCUT2D eigenvalue weighted by Gasteiger charge is -2.55. The normalized spacial score (nSPS) is 36.0. The highest BCUT2D eigenvalue weighted by Gasteiger charge is 2.70. The van der Waals surface area contributed by atoms with E-state index in [1.807, 2.05) is 0 Å². The van der Waals surface area contributed by atoms with Gasteiger partial charge >= 0.3 is 0 Å². The standard InChI is InChI=1S/C22H24N2O9/c1-21(32)7-5-4-6-8(25)9(7)15(26)10-12(21)17(28)13-14(24(2)3)16(27)11(20(23)31)19(30)22(13,33)18(10)29/h4-6,12-14,17,25-26,28,30,32-33H,1-3H3,(H2,23,31)/t12-,13+,14-,17-,21-,22+/m0/s1. The number of aromatic hydroxyl groups is 1. The fraction of sp³-hybridized carbons (Fsp3) is 0.409. The van der Waals surface area contributed by atoms with E-state index in [-0.39, 0.29) is 11.1 Å². The molecule has 0 aromatic heterocycles. The van der Waals surface area contributed by atoms with Gasteiger partial charge < -0.3 is 36.4 Å². The number of fused-ring (bicyclic) bond motifs is 3. The zero-order valence-electron chi connectivity index (χ0n) is 18.0. The molecule has 33 heavy (non-hydrogen) atoms. The number of primary amides is 1. The van der Waals surface area contributed by atoms with Crippen LogP contribution in [0.15, 0.2) is 35.1 Å². The smallest absolute Gasteiger partial charge is 0.255 e. The van der Waals surface area contributed by atoms with Crippen molar-refractivity contribution in [1.29, 1.82) is 0 Å². The third-order valence-corrected chi connectivity index (χ3v) is 7.03. The number of amides is 1. The third-order valence-electron chi connectivity index (χ3n) is 7.03. The molecule has 0 radical (unpaired) electrons. The second-order valence-corrected chi connectivity index (χ2v) is 9.06. The number of hydrogen-bond acceptors (Lipinski definition) is 10. The van der Waals surface area contributed by atoms with Crippen molar-refractivity contribution in [3.63, 3.8) is 0 Å². The van der Waals surface area contributed by atoms with E-state index in [1.54, 1.807) is 0 Å². The summed E-state index contributed by atoms with van der Waals surface area (Å²) in [5.41, 5.74) is -1.78. The van der Waals surface area contributed by atoms with Crippen LogP contribution in [0, 0.1) is 11.8 Å². The average molecular weight is 460 g/mol. The Morgan fingerprint density at radius 2 is 1.73 bits per heavy atom. The minimum Gasteiger partial charge on any atom is -0.508 e. The number of nitrogens with two attached hydrogens (primary N) is 1. The molecule has 0 saturated heterocycles. The number of phenolic OH excluding ortho intramolecular Hbond substituents is 1. The zero-order chi connectivity index (χ0) is 24.8. The Kier molecular flexibility index (Phi) is 4.78. The van der Waals surface area contributed by atoms with Crippen molar-refractivity contribution in [2.24, 2.45) is 17.6 Å². The quantitative estimate of drug-likeness (QED) is 0.257. The van der Waals surface area contributed by atoms with E-state index < -0.39 is 81.1 Å². The number of benzene rings is 1. The van der Waals surface area contributed by atoms with Gasteiger partial charge in [0.05, 0.1) is 40.7 Å². The van der Waals surface area contributed by atoms with E-state index in [1.165, 1.54) is 44.1 Å². The molecule has 1 aromatic carbocycles. The summed E-state index contributed by atoms with van der Waals surface area (Å²) >= 11 is 0. The van der Waals surface area contributed by atoms with Gasteiger partial charge in [-0.2, -0.15) is 0 Å².